The monoisotopic (exact) mass is 406 g/mol. The number of hydrogen-bond acceptors (Lipinski definition) is 7. The summed E-state index contributed by atoms with van der Waals surface area (Å²) in [5.74, 6) is 1.26. The minimum absolute atomic E-state index is 0.110. The summed E-state index contributed by atoms with van der Waals surface area (Å²) in [6, 6.07) is 5.27. The normalized spacial score (nSPS) is 18.3. The quantitative estimate of drug-likeness (QED) is 0.689. The van der Waals surface area contributed by atoms with E-state index < -0.39 is 0 Å². The molecule has 1 N–H and O–H groups in total. The molecule has 1 aromatic carbocycles. The lowest BCUT2D eigenvalue weighted by molar-refractivity contribution is -0.135. The summed E-state index contributed by atoms with van der Waals surface area (Å²) in [5, 5.41) is 2.89. The SMILES string of the molecule is COc1ccc(NC(=O)CN2CCN(C(=O)CN3CCOCC3)CC2)c(OC)c1. The molecule has 2 fully saturated rings. The number of anilines is 1. The number of hydrogen-bond donors (Lipinski definition) is 1. The minimum Gasteiger partial charge on any atom is -0.497 e. The van der Waals surface area contributed by atoms with E-state index in [0.717, 1.165) is 13.1 Å². The molecule has 0 atom stereocenters. The van der Waals surface area contributed by atoms with Gasteiger partial charge < -0.3 is 24.4 Å². The van der Waals surface area contributed by atoms with Crippen LogP contribution in [-0.2, 0) is 14.3 Å². The van der Waals surface area contributed by atoms with Gasteiger partial charge in [-0.15, -0.1) is 0 Å². The first-order chi connectivity index (χ1) is 14.1. The Hall–Kier alpha value is -2.36. The lowest BCUT2D eigenvalue weighted by Crippen LogP contribution is -2.53. The van der Waals surface area contributed by atoms with Crippen LogP contribution in [0.25, 0.3) is 0 Å². The molecule has 9 heteroatoms. The predicted octanol–water partition coefficient (Wildman–Crippen LogP) is 0.119. The maximum atomic E-state index is 12.5. The van der Waals surface area contributed by atoms with E-state index in [9.17, 15) is 9.59 Å². The van der Waals surface area contributed by atoms with Crippen LogP contribution in [0, 0.1) is 0 Å². The minimum atomic E-state index is -0.110. The first kappa shape index (κ1) is 21.4. The van der Waals surface area contributed by atoms with E-state index in [1.165, 1.54) is 0 Å². The van der Waals surface area contributed by atoms with Crippen LogP contribution in [0.1, 0.15) is 0 Å². The molecular formula is C20H30N4O5. The molecule has 0 radical (unpaired) electrons. The number of morpholine rings is 1. The summed E-state index contributed by atoms with van der Waals surface area (Å²) in [6.07, 6.45) is 0. The zero-order valence-electron chi connectivity index (χ0n) is 17.2. The Morgan fingerprint density at radius 1 is 0.966 bits per heavy atom. The van der Waals surface area contributed by atoms with Gasteiger partial charge in [-0.1, -0.05) is 0 Å². The maximum absolute atomic E-state index is 12.5. The second-order valence-corrected chi connectivity index (χ2v) is 7.16. The van der Waals surface area contributed by atoms with E-state index in [0.29, 0.717) is 63.1 Å². The van der Waals surface area contributed by atoms with E-state index >= 15 is 0 Å². The fraction of sp³-hybridized carbons (Fsp3) is 0.600. The van der Waals surface area contributed by atoms with E-state index in [2.05, 4.69) is 15.1 Å². The molecular weight excluding hydrogens is 376 g/mol. The lowest BCUT2D eigenvalue weighted by Gasteiger charge is -2.36. The second-order valence-electron chi connectivity index (χ2n) is 7.16. The topological polar surface area (TPSA) is 83.6 Å². The van der Waals surface area contributed by atoms with Gasteiger partial charge in [-0.25, -0.2) is 0 Å². The number of piperazine rings is 1. The molecule has 3 rings (SSSR count). The van der Waals surface area contributed by atoms with Gasteiger partial charge in [-0.05, 0) is 12.1 Å². The first-order valence-corrected chi connectivity index (χ1v) is 9.91. The highest BCUT2D eigenvalue weighted by Gasteiger charge is 2.24. The summed E-state index contributed by atoms with van der Waals surface area (Å²) < 4.78 is 15.8. The van der Waals surface area contributed by atoms with Crippen LogP contribution in [0.2, 0.25) is 0 Å². The Bertz CT molecular complexity index is 700. The van der Waals surface area contributed by atoms with Gasteiger partial charge in [0.05, 0.1) is 46.2 Å². The summed E-state index contributed by atoms with van der Waals surface area (Å²) in [6.45, 7) is 6.36. The van der Waals surface area contributed by atoms with E-state index in [1.807, 2.05) is 4.90 Å². The van der Waals surface area contributed by atoms with E-state index in [1.54, 1.807) is 32.4 Å². The van der Waals surface area contributed by atoms with Crippen molar-refractivity contribution in [2.24, 2.45) is 0 Å². The van der Waals surface area contributed by atoms with Crippen molar-refractivity contribution in [3.8, 4) is 11.5 Å². The molecule has 160 valence electrons. The van der Waals surface area contributed by atoms with Crippen LogP contribution < -0.4 is 14.8 Å². The number of carbonyl (C=O) groups excluding carboxylic acids is 2. The number of amides is 2. The highest BCUT2D eigenvalue weighted by atomic mass is 16.5. The molecule has 1 aromatic rings. The summed E-state index contributed by atoms with van der Waals surface area (Å²) in [4.78, 5) is 31.0. The number of carbonyl (C=O) groups is 2. The zero-order chi connectivity index (χ0) is 20.6. The van der Waals surface area contributed by atoms with Gasteiger partial charge in [-0.3, -0.25) is 19.4 Å². The number of methoxy groups -OCH3 is 2. The van der Waals surface area contributed by atoms with Crippen LogP contribution in [-0.4, -0.2) is 106 Å². The standard InChI is InChI=1S/C20H30N4O5/c1-27-16-3-4-17(18(13-16)28-2)21-19(25)14-22-5-7-24(8-6-22)20(26)15-23-9-11-29-12-10-23/h3-4,13H,5-12,14-15H2,1-2H3,(H,21,25). The molecule has 0 spiro atoms. The molecule has 2 aliphatic heterocycles. The van der Waals surface area contributed by atoms with Gasteiger partial charge in [0.25, 0.3) is 0 Å². The van der Waals surface area contributed by atoms with Gasteiger partial charge in [0.15, 0.2) is 0 Å². The largest absolute Gasteiger partial charge is 0.497 e. The summed E-state index contributed by atoms with van der Waals surface area (Å²) in [5.41, 5.74) is 0.609. The summed E-state index contributed by atoms with van der Waals surface area (Å²) >= 11 is 0. The van der Waals surface area contributed by atoms with Crippen LogP contribution >= 0.6 is 0 Å². The van der Waals surface area contributed by atoms with Crippen LogP contribution in [0.3, 0.4) is 0 Å². The van der Waals surface area contributed by atoms with Crippen molar-refractivity contribution in [2.75, 3.05) is 85.1 Å². The maximum Gasteiger partial charge on any atom is 0.238 e. The van der Waals surface area contributed by atoms with Crippen LogP contribution in [0.15, 0.2) is 18.2 Å². The molecule has 2 aliphatic rings. The molecule has 29 heavy (non-hydrogen) atoms. The van der Waals surface area contributed by atoms with Crippen molar-refractivity contribution in [1.29, 1.82) is 0 Å². The van der Waals surface area contributed by atoms with Crippen molar-refractivity contribution < 1.29 is 23.8 Å². The van der Waals surface area contributed by atoms with Crippen molar-refractivity contribution in [3.63, 3.8) is 0 Å². The van der Waals surface area contributed by atoms with Gasteiger partial charge in [-0.2, -0.15) is 0 Å². The average Bonchev–Trinajstić information content (AvgIpc) is 2.75. The number of nitrogens with zero attached hydrogens (tertiary/aromatic N) is 3. The van der Waals surface area contributed by atoms with Crippen LogP contribution in [0.4, 0.5) is 5.69 Å². The molecule has 0 unspecified atom stereocenters. The fourth-order valence-corrected chi connectivity index (χ4v) is 3.50. The number of rotatable bonds is 7. The molecule has 0 saturated carbocycles. The Morgan fingerprint density at radius 2 is 1.66 bits per heavy atom. The number of benzene rings is 1. The highest BCUT2D eigenvalue weighted by Crippen LogP contribution is 2.28. The average molecular weight is 406 g/mol. The third-order valence-corrected chi connectivity index (χ3v) is 5.24. The third kappa shape index (κ3) is 6.06. The van der Waals surface area contributed by atoms with Crippen molar-refractivity contribution >= 4 is 17.5 Å². The summed E-state index contributed by atoms with van der Waals surface area (Å²) in [7, 11) is 3.13. The smallest absolute Gasteiger partial charge is 0.238 e. The Morgan fingerprint density at radius 3 is 2.31 bits per heavy atom. The lowest BCUT2D eigenvalue weighted by atomic mass is 10.2. The van der Waals surface area contributed by atoms with Gasteiger partial charge >= 0.3 is 0 Å². The van der Waals surface area contributed by atoms with E-state index in [-0.39, 0.29) is 18.4 Å². The fourth-order valence-electron chi connectivity index (χ4n) is 3.50. The molecule has 2 heterocycles. The number of ether oxygens (including phenoxy) is 3. The second kappa shape index (κ2) is 10.4. The Balaban J connectivity index is 1.43. The molecule has 0 bridgehead atoms. The molecule has 0 aliphatic carbocycles. The van der Waals surface area contributed by atoms with Gasteiger partial charge in [0, 0.05) is 45.3 Å². The zero-order valence-corrected chi connectivity index (χ0v) is 17.2. The van der Waals surface area contributed by atoms with Crippen molar-refractivity contribution in [1.82, 2.24) is 14.7 Å². The molecule has 9 nitrogen and oxygen atoms in total. The molecule has 2 saturated heterocycles. The van der Waals surface area contributed by atoms with Crippen molar-refractivity contribution in [3.05, 3.63) is 18.2 Å². The van der Waals surface area contributed by atoms with Gasteiger partial charge in [0.2, 0.25) is 11.8 Å². The third-order valence-electron chi connectivity index (χ3n) is 5.24. The Kier molecular flexibility index (Phi) is 7.68. The molecule has 2 amide bonds. The highest BCUT2D eigenvalue weighted by molar-refractivity contribution is 5.93. The van der Waals surface area contributed by atoms with Crippen LogP contribution in [0.5, 0.6) is 11.5 Å². The van der Waals surface area contributed by atoms with Crippen molar-refractivity contribution in [2.45, 2.75) is 0 Å². The van der Waals surface area contributed by atoms with Gasteiger partial charge in [0.1, 0.15) is 11.5 Å². The number of nitrogens with one attached hydrogen (secondary N) is 1. The first-order valence-electron chi connectivity index (χ1n) is 9.91. The molecule has 0 aromatic heterocycles. The van der Waals surface area contributed by atoms with E-state index in [4.69, 9.17) is 14.2 Å². The Labute approximate surface area is 171 Å². The predicted molar refractivity (Wildman–Crippen MR) is 108 cm³/mol.